The first-order chi connectivity index (χ1) is 9.99. The van der Waals surface area contributed by atoms with Crippen LogP contribution in [0.15, 0.2) is 30.3 Å². The first-order valence-corrected chi connectivity index (χ1v) is 7.30. The minimum atomic E-state index is -0.528. The maximum Gasteiger partial charge on any atom is 0.338 e. The van der Waals surface area contributed by atoms with Gasteiger partial charge in [-0.15, -0.1) is 0 Å². The summed E-state index contributed by atoms with van der Waals surface area (Å²) in [6, 6.07) is 8.08. The van der Waals surface area contributed by atoms with E-state index in [4.69, 9.17) is 12.2 Å². The van der Waals surface area contributed by atoms with Crippen LogP contribution in [-0.2, 0) is 7.05 Å². The third-order valence-corrected chi connectivity index (χ3v) is 4.42. The number of hydrogen-bond donors (Lipinski definition) is 3. The summed E-state index contributed by atoms with van der Waals surface area (Å²) in [4.78, 5) is 23.5. The first-order valence-electron chi connectivity index (χ1n) is 6.08. The highest BCUT2D eigenvalue weighted by Gasteiger charge is 2.10. The van der Waals surface area contributed by atoms with Gasteiger partial charge < -0.3 is 4.57 Å². The Bertz CT molecular complexity index is 722. The minimum absolute atomic E-state index is 0.386. The fourth-order valence-corrected chi connectivity index (χ4v) is 2.81. The summed E-state index contributed by atoms with van der Waals surface area (Å²) >= 11 is 6.42. The zero-order valence-corrected chi connectivity index (χ0v) is 13.1. The molecule has 2 rings (SSSR count). The second kappa shape index (κ2) is 6.51. The maximum atomic E-state index is 11.8. The van der Waals surface area contributed by atoms with E-state index in [0.29, 0.717) is 14.5 Å². The fourth-order valence-electron chi connectivity index (χ4n) is 1.54. The van der Waals surface area contributed by atoms with Gasteiger partial charge >= 0.3 is 6.03 Å². The second-order valence-electron chi connectivity index (χ2n) is 4.24. The molecule has 0 radical (unpaired) electrons. The number of amides is 3. The van der Waals surface area contributed by atoms with Gasteiger partial charge in [-0.2, -0.15) is 0 Å². The van der Waals surface area contributed by atoms with Crippen LogP contribution in [0.2, 0.25) is 0 Å². The van der Waals surface area contributed by atoms with Crippen molar-refractivity contribution in [1.82, 2.24) is 15.4 Å². The minimum Gasteiger partial charge on any atom is -0.328 e. The van der Waals surface area contributed by atoms with Crippen LogP contribution in [0.1, 0.15) is 16.1 Å². The van der Waals surface area contributed by atoms with Crippen LogP contribution >= 0.6 is 23.6 Å². The number of aromatic nitrogens is 1. The van der Waals surface area contributed by atoms with Crippen LogP contribution in [0.25, 0.3) is 0 Å². The van der Waals surface area contributed by atoms with Gasteiger partial charge in [0.1, 0.15) is 5.00 Å². The zero-order valence-electron chi connectivity index (χ0n) is 11.5. The van der Waals surface area contributed by atoms with E-state index < -0.39 is 6.03 Å². The lowest BCUT2D eigenvalue weighted by molar-refractivity contribution is 0.0938. The number of anilines is 1. The monoisotopic (exact) mass is 322 g/mol. The smallest absolute Gasteiger partial charge is 0.328 e. The number of rotatable bonds is 2. The molecular formula is C13H14N4O2S2. The van der Waals surface area contributed by atoms with Crippen molar-refractivity contribution in [2.75, 3.05) is 5.32 Å². The van der Waals surface area contributed by atoms with Crippen molar-refractivity contribution >= 4 is 40.5 Å². The highest BCUT2D eigenvalue weighted by molar-refractivity contribution is 7.73. The summed E-state index contributed by atoms with van der Waals surface area (Å²) in [6.07, 6.45) is 0. The Labute approximate surface area is 130 Å². The highest BCUT2D eigenvalue weighted by atomic mass is 32.1. The molecule has 0 spiro atoms. The molecule has 0 fully saturated rings. The van der Waals surface area contributed by atoms with Crippen LogP contribution < -0.4 is 16.2 Å². The predicted octanol–water partition coefficient (Wildman–Crippen LogP) is 2.59. The van der Waals surface area contributed by atoms with E-state index in [-0.39, 0.29) is 5.91 Å². The molecule has 0 aliphatic rings. The third kappa shape index (κ3) is 3.67. The van der Waals surface area contributed by atoms with E-state index in [1.165, 1.54) is 11.3 Å². The molecule has 3 N–H and O–H groups in total. The molecule has 0 atom stereocenters. The molecule has 21 heavy (non-hydrogen) atoms. The Hall–Kier alpha value is -2.19. The molecule has 110 valence electrons. The molecule has 1 aromatic heterocycles. The molecule has 6 nitrogen and oxygen atoms in total. The molecule has 0 bridgehead atoms. The molecule has 1 aromatic carbocycles. The van der Waals surface area contributed by atoms with Crippen LogP contribution in [0.3, 0.4) is 0 Å². The molecule has 1 heterocycles. The average Bonchev–Trinajstić information content (AvgIpc) is 2.73. The number of nitrogens with one attached hydrogen (secondary N) is 3. The molecule has 0 unspecified atom stereocenters. The summed E-state index contributed by atoms with van der Waals surface area (Å²) < 4.78 is 2.47. The van der Waals surface area contributed by atoms with E-state index in [1.54, 1.807) is 28.8 Å². The van der Waals surface area contributed by atoms with Gasteiger partial charge in [0.25, 0.3) is 5.91 Å². The van der Waals surface area contributed by atoms with Crippen molar-refractivity contribution in [3.63, 3.8) is 0 Å². The Morgan fingerprint density at radius 1 is 1.19 bits per heavy atom. The normalized spacial score (nSPS) is 10.0. The van der Waals surface area contributed by atoms with E-state index in [2.05, 4.69) is 16.2 Å². The summed E-state index contributed by atoms with van der Waals surface area (Å²) in [7, 11) is 1.83. The number of urea groups is 1. The Morgan fingerprint density at radius 2 is 1.86 bits per heavy atom. The van der Waals surface area contributed by atoms with E-state index in [9.17, 15) is 9.59 Å². The van der Waals surface area contributed by atoms with Gasteiger partial charge in [0, 0.05) is 12.6 Å². The molecule has 0 saturated carbocycles. The molecule has 3 amide bonds. The fraction of sp³-hybridized carbons (Fsp3) is 0.154. The van der Waals surface area contributed by atoms with Crippen LogP contribution in [0.5, 0.6) is 0 Å². The van der Waals surface area contributed by atoms with Gasteiger partial charge in [-0.05, 0) is 31.3 Å². The Balaban J connectivity index is 1.92. The van der Waals surface area contributed by atoms with Crippen molar-refractivity contribution in [2.45, 2.75) is 6.92 Å². The Kier molecular flexibility index (Phi) is 4.71. The lowest BCUT2D eigenvalue weighted by Crippen LogP contribution is -2.43. The summed E-state index contributed by atoms with van der Waals surface area (Å²) in [6.45, 7) is 1.85. The topological polar surface area (TPSA) is 75.2 Å². The van der Waals surface area contributed by atoms with Crippen LogP contribution in [0.4, 0.5) is 9.80 Å². The lowest BCUT2D eigenvalue weighted by atomic mass is 10.2. The van der Waals surface area contributed by atoms with Gasteiger partial charge in [-0.25, -0.2) is 10.2 Å². The molecule has 8 heteroatoms. The third-order valence-electron chi connectivity index (χ3n) is 2.85. The number of thiazole rings is 1. The van der Waals surface area contributed by atoms with Crippen molar-refractivity contribution < 1.29 is 9.59 Å². The summed E-state index contributed by atoms with van der Waals surface area (Å²) in [5.41, 5.74) is 5.95. The molecule has 0 saturated heterocycles. The molecule has 0 aliphatic carbocycles. The van der Waals surface area contributed by atoms with Gasteiger partial charge in [0.05, 0.1) is 5.69 Å². The number of nitrogens with zero attached hydrogens (tertiary/aromatic N) is 1. The number of carbonyl (C=O) groups is 2. The van der Waals surface area contributed by atoms with Crippen molar-refractivity contribution in [3.8, 4) is 0 Å². The average molecular weight is 322 g/mol. The predicted molar refractivity (Wildman–Crippen MR) is 84.9 cm³/mol. The van der Waals surface area contributed by atoms with E-state index in [1.807, 2.05) is 20.0 Å². The van der Waals surface area contributed by atoms with Crippen molar-refractivity contribution in [3.05, 3.63) is 45.5 Å². The number of hydrogen-bond acceptors (Lipinski definition) is 4. The molecular weight excluding hydrogens is 308 g/mol. The number of benzene rings is 1. The largest absolute Gasteiger partial charge is 0.338 e. The standard InChI is InChI=1S/C13H14N4O2S2/c1-8-11(21-13(20)17(8)2)14-12(19)16-15-10(18)9-6-4-3-5-7-9/h3-7H,1-2H3,(H,15,18)(H2,14,16,19). The van der Waals surface area contributed by atoms with Gasteiger partial charge in [-0.1, -0.05) is 29.5 Å². The van der Waals surface area contributed by atoms with Gasteiger partial charge in [0.15, 0.2) is 3.95 Å². The maximum absolute atomic E-state index is 11.8. The molecule has 0 aliphatic heterocycles. The Morgan fingerprint density at radius 3 is 2.43 bits per heavy atom. The number of hydrazine groups is 1. The molecule has 2 aromatic rings. The first kappa shape index (κ1) is 15.2. The quantitative estimate of drug-likeness (QED) is 0.587. The second-order valence-corrected chi connectivity index (χ2v) is 5.88. The SMILES string of the molecule is Cc1c(NC(=O)NNC(=O)c2ccccc2)sc(=S)n1C. The highest BCUT2D eigenvalue weighted by Crippen LogP contribution is 2.23. The lowest BCUT2D eigenvalue weighted by Gasteiger charge is -2.08. The van der Waals surface area contributed by atoms with E-state index in [0.717, 1.165) is 5.69 Å². The van der Waals surface area contributed by atoms with Crippen molar-refractivity contribution in [1.29, 1.82) is 0 Å². The van der Waals surface area contributed by atoms with Crippen LogP contribution in [-0.4, -0.2) is 16.5 Å². The van der Waals surface area contributed by atoms with Gasteiger partial charge in [0.2, 0.25) is 0 Å². The van der Waals surface area contributed by atoms with E-state index >= 15 is 0 Å². The summed E-state index contributed by atoms with van der Waals surface area (Å²) in [5.74, 6) is -0.386. The van der Waals surface area contributed by atoms with Crippen molar-refractivity contribution in [2.24, 2.45) is 7.05 Å². The zero-order chi connectivity index (χ0) is 15.4. The van der Waals surface area contributed by atoms with Gasteiger partial charge in [-0.3, -0.25) is 15.5 Å². The summed E-state index contributed by atoms with van der Waals surface area (Å²) in [5, 5.41) is 3.29. The number of carbonyl (C=O) groups excluding carboxylic acids is 2. The van der Waals surface area contributed by atoms with Crippen LogP contribution in [0, 0.1) is 10.9 Å².